The van der Waals surface area contributed by atoms with E-state index in [0.717, 1.165) is 5.56 Å². The van der Waals surface area contributed by atoms with Gasteiger partial charge in [-0.15, -0.1) is 0 Å². The Morgan fingerprint density at radius 2 is 1.67 bits per heavy atom. The predicted octanol–water partition coefficient (Wildman–Crippen LogP) is 1.72. The third kappa shape index (κ3) is 13.0. The molecule has 1 aromatic rings. The molecule has 1 heterocycles. The van der Waals surface area contributed by atoms with Gasteiger partial charge in [0.05, 0.1) is 0 Å². The molecule has 248 valence electrons. The maximum Gasteiger partial charge on any atom is 0.312 e. The average molecular weight is 631 g/mol. The quantitative estimate of drug-likeness (QED) is 0.0915. The van der Waals surface area contributed by atoms with Gasteiger partial charge in [0, 0.05) is 44.5 Å². The topological polar surface area (TPSA) is 206 Å². The van der Waals surface area contributed by atoms with Crippen LogP contribution < -0.4 is 27.0 Å². The summed E-state index contributed by atoms with van der Waals surface area (Å²) in [6, 6.07) is 4.08. The van der Waals surface area contributed by atoms with Crippen LogP contribution in [0.3, 0.4) is 0 Å². The number of amides is 7. The highest BCUT2D eigenvalue weighted by molar-refractivity contribution is 6.03. The smallest absolute Gasteiger partial charge is 0.312 e. The molecule has 1 saturated heterocycles. The number of anilines is 1. The summed E-state index contributed by atoms with van der Waals surface area (Å²) in [5.41, 5.74) is 6.31. The van der Waals surface area contributed by atoms with Crippen molar-refractivity contribution in [2.45, 2.75) is 91.3 Å². The summed E-state index contributed by atoms with van der Waals surface area (Å²) in [7, 11) is 0. The Morgan fingerprint density at radius 3 is 2.24 bits per heavy atom. The van der Waals surface area contributed by atoms with E-state index in [0.29, 0.717) is 37.9 Å². The van der Waals surface area contributed by atoms with Crippen molar-refractivity contribution in [3.63, 3.8) is 0 Å². The fourth-order valence-electron chi connectivity index (χ4n) is 4.74. The lowest BCUT2D eigenvalue weighted by Crippen LogP contribution is -2.54. The lowest BCUT2D eigenvalue weighted by molar-refractivity contribution is -0.142. The van der Waals surface area contributed by atoms with Gasteiger partial charge in [-0.05, 0) is 49.3 Å². The minimum absolute atomic E-state index is 0.0946. The second kappa shape index (κ2) is 18.3. The number of esters is 1. The molecule has 6 N–H and O–H groups in total. The van der Waals surface area contributed by atoms with Crippen LogP contribution in [0.25, 0.3) is 0 Å². The number of nitrogens with two attached hydrogens (primary N) is 1. The van der Waals surface area contributed by atoms with Gasteiger partial charge in [0.15, 0.2) is 0 Å². The van der Waals surface area contributed by atoms with E-state index >= 15 is 0 Å². The van der Waals surface area contributed by atoms with Crippen LogP contribution in [0.4, 0.5) is 10.5 Å². The Kier molecular flexibility index (Phi) is 15.0. The van der Waals surface area contributed by atoms with E-state index in [9.17, 15) is 33.6 Å². The summed E-state index contributed by atoms with van der Waals surface area (Å²) in [5, 5.41) is 10.7. The van der Waals surface area contributed by atoms with E-state index in [4.69, 9.17) is 10.5 Å². The molecule has 14 heteroatoms. The Morgan fingerprint density at radius 1 is 0.978 bits per heavy atom. The molecule has 0 aromatic heterocycles. The first-order valence-corrected chi connectivity index (χ1v) is 15.3. The van der Waals surface area contributed by atoms with Crippen molar-refractivity contribution in [2.24, 2.45) is 17.6 Å². The lowest BCUT2D eigenvalue weighted by Gasteiger charge is -2.25. The molecule has 7 amide bonds. The molecule has 1 aromatic carbocycles. The van der Waals surface area contributed by atoms with Crippen LogP contribution in [0.2, 0.25) is 0 Å². The molecule has 2 rings (SSSR count). The third-order valence-corrected chi connectivity index (χ3v) is 7.29. The first kappa shape index (κ1) is 36.7. The Labute approximate surface area is 263 Å². The summed E-state index contributed by atoms with van der Waals surface area (Å²) >= 11 is 0. The fraction of sp³-hybridized carbons (Fsp3) is 0.581. The largest absolute Gasteiger partial charge is 0.461 e. The van der Waals surface area contributed by atoms with Crippen LogP contribution >= 0.6 is 0 Å². The standard InChI is InChI=1S/C31H46N6O8/c1-19(2)27(36-25(39)10-6-5-7-16-37-26(40)17-20(3)30(37)43)29(42)35-24(9-8-15-33-31(32)44)28(41)34-23-13-11-22(12-14-23)18-45-21(4)38/h11-14,19-20,24,27H,5-10,15-18H2,1-4H3,(H,34,41)(H,35,42)(H,36,39)(H3,32,33,44). The van der Waals surface area contributed by atoms with Crippen LogP contribution in [-0.4, -0.2) is 71.6 Å². The average Bonchev–Trinajstić information content (AvgIpc) is 3.21. The molecule has 1 fully saturated rings. The maximum atomic E-state index is 13.3. The highest BCUT2D eigenvalue weighted by Gasteiger charge is 2.35. The normalized spacial score (nSPS) is 15.8. The minimum atomic E-state index is -0.982. The van der Waals surface area contributed by atoms with Crippen LogP contribution in [0.5, 0.6) is 0 Å². The molecule has 0 spiro atoms. The molecule has 0 saturated carbocycles. The first-order valence-electron chi connectivity index (χ1n) is 15.3. The molecule has 0 aliphatic carbocycles. The SMILES string of the molecule is CC(=O)OCc1ccc(NC(=O)C(CCCNC(N)=O)NC(=O)C(NC(=O)CCCCCN2C(=O)CC(C)C2=O)C(C)C)cc1. The van der Waals surface area contributed by atoms with E-state index in [-0.39, 0.29) is 62.0 Å². The number of primary amides is 1. The van der Waals surface area contributed by atoms with Crippen molar-refractivity contribution in [1.29, 1.82) is 0 Å². The number of nitrogens with zero attached hydrogens (tertiary/aromatic N) is 1. The highest BCUT2D eigenvalue weighted by atomic mass is 16.5. The minimum Gasteiger partial charge on any atom is -0.461 e. The van der Waals surface area contributed by atoms with Gasteiger partial charge >= 0.3 is 12.0 Å². The number of imide groups is 1. The van der Waals surface area contributed by atoms with E-state index in [2.05, 4.69) is 21.3 Å². The molecule has 3 unspecified atom stereocenters. The van der Waals surface area contributed by atoms with Crippen LogP contribution in [0.15, 0.2) is 24.3 Å². The highest BCUT2D eigenvalue weighted by Crippen LogP contribution is 2.19. The number of carbonyl (C=O) groups is 7. The number of unbranched alkanes of at least 4 members (excludes halogenated alkanes) is 2. The summed E-state index contributed by atoms with van der Waals surface area (Å²) in [6.07, 6.45) is 2.65. The zero-order valence-corrected chi connectivity index (χ0v) is 26.5. The Balaban J connectivity index is 1.93. The van der Waals surface area contributed by atoms with Crippen molar-refractivity contribution in [3.8, 4) is 0 Å². The molecule has 0 radical (unpaired) electrons. The van der Waals surface area contributed by atoms with Gasteiger partial charge in [-0.3, -0.25) is 33.7 Å². The van der Waals surface area contributed by atoms with Gasteiger partial charge < -0.3 is 31.7 Å². The number of hydrogen-bond acceptors (Lipinski definition) is 8. The van der Waals surface area contributed by atoms with Gasteiger partial charge in [-0.2, -0.15) is 0 Å². The van der Waals surface area contributed by atoms with Crippen LogP contribution in [-0.2, 0) is 40.1 Å². The van der Waals surface area contributed by atoms with Crippen LogP contribution in [0.1, 0.15) is 78.2 Å². The van der Waals surface area contributed by atoms with Crippen molar-refractivity contribution in [3.05, 3.63) is 29.8 Å². The second-order valence-electron chi connectivity index (χ2n) is 11.5. The third-order valence-electron chi connectivity index (χ3n) is 7.29. The van der Waals surface area contributed by atoms with Crippen molar-refractivity contribution in [1.82, 2.24) is 20.9 Å². The van der Waals surface area contributed by atoms with E-state index in [1.54, 1.807) is 45.0 Å². The maximum absolute atomic E-state index is 13.3. The first-order chi connectivity index (χ1) is 21.3. The molecule has 45 heavy (non-hydrogen) atoms. The number of nitrogens with one attached hydrogen (secondary N) is 4. The fourth-order valence-corrected chi connectivity index (χ4v) is 4.74. The number of ether oxygens (including phenoxy) is 1. The van der Waals surface area contributed by atoms with Gasteiger partial charge in [-0.1, -0.05) is 39.3 Å². The summed E-state index contributed by atoms with van der Waals surface area (Å²) in [6.45, 7) is 7.22. The van der Waals surface area contributed by atoms with Crippen molar-refractivity contribution in [2.75, 3.05) is 18.4 Å². The zero-order chi connectivity index (χ0) is 33.5. The molecule has 0 bridgehead atoms. The number of hydrogen-bond donors (Lipinski definition) is 5. The summed E-state index contributed by atoms with van der Waals surface area (Å²) in [4.78, 5) is 86.6. The van der Waals surface area contributed by atoms with E-state index < -0.39 is 35.9 Å². The predicted molar refractivity (Wildman–Crippen MR) is 165 cm³/mol. The summed E-state index contributed by atoms with van der Waals surface area (Å²) in [5.74, 6) is -2.65. The van der Waals surface area contributed by atoms with Crippen molar-refractivity contribution < 1.29 is 38.3 Å². The zero-order valence-electron chi connectivity index (χ0n) is 26.5. The molecule has 3 atom stereocenters. The molecular weight excluding hydrogens is 584 g/mol. The molecule has 1 aliphatic rings. The number of benzene rings is 1. The summed E-state index contributed by atoms with van der Waals surface area (Å²) < 4.78 is 4.97. The number of urea groups is 1. The molecular formula is C31H46N6O8. The lowest BCUT2D eigenvalue weighted by atomic mass is 10.0. The van der Waals surface area contributed by atoms with Crippen LogP contribution in [0, 0.1) is 11.8 Å². The Bertz CT molecular complexity index is 1220. The van der Waals surface area contributed by atoms with Gasteiger partial charge in [0.2, 0.25) is 29.5 Å². The Hall–Kier alpha value is -4.49. The van der Waals surface area contributed by atoms with E-state index in [1.807, 2.05) is 0 Å². The number of likely N-dealkylation sites (tertiary alicyclic amines) is 1. The van der Waals surface area contributed by atoms with Crippen molar-refractivity contribution >= 4 is 47.2 Å². The van der Waals surface area contributed by atoms with E-state index in [1.165, 1.54) is 11.8 Å². The van der Waals surface area contributed by atoms with Gasteiger partial charge in [0.1, 0.15) is 18.7 Å². The number of rotatable bonds is 18. The number of carbonyl (C=O) groups excluding carboxylic acids is 7. The second-order valence-corrected chi connectivity index (χ2v) is 11.5. The van der Waals surface area contributed by atoms with Gasteiger partial charge in [0.25, 0.3) is 0 Å². The molecule has 14 nitrogen and oxygen atoms in total. The monoisotopic (exact) mass is 630 g/mol. The van der Waals surface area contributed by atoms with Gasteiger partial charge in [-0.25, -0.2) is 4.79 Å². The molecule has 1 aliphatic heterocycles.